The van der Waals surface area contributed by atoms with Crippen LogP contribution in [0, 0.1) is 27.6 Å². The quantitative estimate of drug-likeness (QED) is 0.118. The van der Waals surface area contributed by atoms with E-state index in [4.69, 9.17) is 33.1 Å². The number of thioether (sulfide) groups is 1. The fourth-order valence-corrected chi connectivity index (χ4v) is 6.70. The van der Waals surface area contributed by atoms with Gasteiger partial charge in [0.2, 0.25) is 0 Å². The third kappa shape index (κ3) is 14.1. The summed E-state index contributed by atoms with van der Waals surface area (Å²) >= 11 is 2.01. The van der Waals surface area contributed by atoms with Gasteiger partial charge in [0.1, 0.15) is 0 Å². The molecule has 2 fully saturated rings. The molecule has 1 aromatic rings. The van der Waals surface area contributed by atoms with E-state index < -0.39 is 0 Å². The van der Waals surface area contributed by atoms with Gasteiger partial charge in [-0.25, -0.2) is 0 Å². The predicted octanol–water partition coefficient (Wildman–Crippen LogP) is 4.62. The molecule has 12 N–H and O–H groups in total. The number of guanidine groups is 4. The molecule has 0 aliphatic heterocycles. The SMILES string of the molecule is CCCC(CCC1CCCCC1NC(=N)NC(=N)N)Sc1ccccc1.N=C(N)NC(=N)NC1CCCCC1. The summed E-state index contributed by atoms with van der Waals surface area (Å²) < 4.78 is 0. The van der Waals surface area contributed by atoms with Crippen LogP contribution in [0.3, 0.4) is 0 Å². The van der Waals surface area contributed by atoms with Gasteiger partial charge in [0.25, 0.3) is 0 Å². The van der Waals surface area contributed by atoms with Crippen molar-refractivity contribution in [2.75, 3.05) is 0 Å². The normalized spacial score (nSPS) is 19.9. The minimum absolute atomic E-state index is 0.138. The molecule has 3 atom stereocenters. The lowest BCUT2D eigenvalue weighted by atomic mass is 9.81. The van der Waals surface area contributed by atoms with Crippen LogP contribution >= 0.6 is 11.8 Å². The second kappa shape index (κ2) is 18.4. The smallest absolute Gasteiger partial charge is 0.195 e. The first-order chi connectivity index (χ1) is 18.8. The number of nitrogens with two attached hydrogens (primary N) is 2. The zero-order valence-electron chi connectivity index (χ0n) is 23.5. The maximum Gasteiger partial charge on any atom is 0.195 e. The van der Waals surface area contributed by atoms with Crippen LogP contribution in [-0.2, 0) is 0 Å². The molecule has 3 rings (SSSR count). The van der Waals surface area contributed by atoms with Gasteiger partial charge in [-0.3, -0.25) is 32.3 Å². The Labute approximate surface area is 238 Å². The van der Waals surface area contributed by atoms with E-state index >= 15 is 0 Å². The molecule has 0 aromatic heterocycles. The van der Waals surface area contributed by atoms with Crippen LogP contribution in [0.4, 0.5) is 0 Å². The average molecular weight is 559 g/mol. The summed E-state index contributed by atoms with van der Waals surface area (Å²) in [7, 11) is 0. The van der Waals surface area contributed by atoms with E-state index in [1.54, 1.807) is 0 Å². The van der Waals surface area contributed by atoms with Crippen LogP contribution in [-0.4, -0.2) is 41.2 Å². The molecule has 0 heterocycles. The third-order valence-corrected chi connectivity index (χ3v) is 8.58. The van der Waals surface area contributed by atoms with Gasteiger partial charge in [-0.1, -0.05) is 63.6 Å². The minimum atomic E-state index is -0.187. The van der Waals surface area contributed by atoms with E-state index in [1.165, 1.54) is 69.1 Å². The van der Waals surface area contributed by atoms with Crippen molar-refractivity contribution in [3.63, 3.8) is 0 Å². The highest BCUT2D eigenvalue weighted by molar-refractivity contribution is 8.00. The van der Waals surface area contributed by atoms with Gasteiger partial charge >= 0.3 is 0 Å². The Morgan fingerprint density at radius 1 is 0.821 bits per heavy atom. The van der Waals surface area contributed by atoms with Gasteiger partial charge in [0, 0.05) is 22.2 Å². The second-order valence-electron chi connectivity index (χ2n) is 10.5. The van der Waals surface area contributed by atoms with Crippen molar-refractivity contribution in [2.45, 2.75) is 113 Å². The van der Waals surface area contributed by atoms with Gasteiger partial charge in [-0.05, 0) is 63.0 Å². The maximum atomic E-state index is 7.93. The lowest BCUT2D eigenvalue weighted by Crippen LogP contribution is -2.50. The third-order valence-electron chi connectivity index (χ3n) is 7.23. The van der Waals surface area contributed by atoms with Gasteiger partial charge in [-0.2, -0.15) is 0 Å². The van der Waals surface area contributed by atoms with Gasteiger partial charge in [0.15, 0.2) is 23.8 Å². The fraction of sp³-hybridized carbons (Fsp3) is 0.643. The molecule has 39 heavy (non-hydrogen) atoms. The van der Waals surface area contributed by atoms with Crippen molar-refractivity contribution in [3.05, 3.63) is 30.3 Å². The Balaban J connectivity index is 0.000000344. The summed E-state index contributed by atoms with van der Waals surface area (Å²) in [5.74, 6) is 0.511. The molecule has 0 spiro atoms. The van der Waals surface area contributed by atoms with Crippen molar-refractivity contribution in [2.24, 2.45) is 17.4 Å². The Morgan fingerprint density at radius 2 is 1.41 bits per heavy atom. The van der Waals surface area contributed by atoms with Crippen LogP contribution in [0.1, 0.15) is 90.4 Å². The summed E-state index contributed by atoms with van der Waals surface area (Å²) in [6.45, 7) is 2.26. The van der Waals surface area contributed by atoms with Gasteiger partial charge in [0.05, 0.1) is 0 Å². The highest BCUT2D eigenvalue weighted by Gasteiger charge is 2.26. The second-order valence-corrected chi connectivity index (χ2v) is 11.9. The summed E-state index contributed by atoms with van der Waals surface area (Å²) in [6, 6.07) is 11.4. The molecule has 1 aromatic carbocycles. The van der Waals surface area contributed by atoms with E-state index in [1.807, 2.05) is 11.8 Å². The van der Waals surface area contributed by atoms with E-state index in [-0.39, 0.29) is 23.8 Å². The van der Waals surface area contributed by atoms with E-state index in [9.17, 15) is 0 Å². The molecule has 2 aliphatic carbocycles. The summed E-state index contributed by atoms with van der Waals surface area (Å²) in [6.07, 6.45) is 15.6. The first-order valence-electron chi connectivity index (χ1n) is 14.4. The largest absolute Gasteiger partial charge is 0.370 e. The molecule has 0 amide bonds. The number of hydrogen-bond acceptors (Lipinski definition) is 5. The van der Waals surface area contributed by atoms with E-state index in [2.05, 4.69) is 58.5 Å². The molecule has 10 nitrogen and oxygen atoms in total. The molecule has 0 saturated heterocycles. The van der Waals surface area contributed by atoms with Crippen molar-refractivity contribution < 1.29 is 0 Å². The monoisotopic (exact) mass is 558 g/mol. The van der Waals surface area contributed by atoms with Crippen molar-refractivity contribution in [1.82, 2.24) is 21.3 Å². The highest BCUT2D eigenvalue weighted by Crippen LogP contribution is 2.34. The molecular formula is C28H50N10S. The molecule has 3 unspecified atom stereocenters. The molecule has 2 aliphatic rings. The van der Waals surface area contributed by atoms with Gasteiger partial charge < -0.3 is 22.1 Å². The predicted molar refractivity (Wildman–Crippen MR) is 165 cm³/mol. The molecule has 0 radical (unpaired) electrons. The minimum Gasteiger partial charge on any atom is -0.370 e. The van der Waals surface area contributed by atoms with Crippen LogP contribution in [0.2, 0.25) is 0 Å². The molecule has 11 heteroatoms. The van der Waals surface area contributed by atoms with E-state index in [0.29, 0.717) is 23.3 Å². The number of rotatable bonds is 9. The Kier molecular flexibility index (Phi) is 15.2. The molecule has 218 valence electrons. The maximum absolute atomic E-state index is 7.93. The van der Waals surface area contributed by atoms with Crippen LogP contribution < -0.4 is 32.7 Å². The first-order valence-corrected chi connectivity index (χ1v) is 15.3. The first kappa shape index (κ1) is 32.3. The Bertz CT molecular complexity index is 888. The van der Waals surface area contributed by atoms with Crippen molar-refractivity contribution in [3.8, 4) is 0 Å². The summed E-state index contributed by atoms with van der Waals surface area (Å²) in [5, 5.41) is 41.4. The van der Waals surface area contributed by atoms with Crippen LogP contribution in [0.15, 0.2) is 35.2 Å². The van der Waals surface area contributed by atoms with Crippen LogP contribution in [0.25, 0.3) is 0 Å². The average Bonchev–Trinajstić information content (AvgIpc) is 2.89. The van der Waals surface area contributed by atoms with Crippen molar-refractivity contribution in [1.29, 1.82) is 21.6 Å². The lowest BCUT2D eigenvalue weighted by Gasteiger charge is -2.33. The molecule has 0 bridgehead atoms. The number of benzene rings is 1. The fourth-order valence-electron chi connectivity index (χ4n) is 5.40. The van der Waals surface area contributed by atoms with Crippen LogP contribution in [0.5, 0.6) is 0 Å². The topological polar surface area (TPSA) is 196 Å². The summed E-state index contributed by atoms with van der Waals surface area (Å²) in [5.41, 5.74) is 10.4. The number of hydrogen-bond donors (Lipinski definition) is 10. The standard InChI is InChI=1S/C20H33N5S.C8H17N5/c1-2-8-16(26-17-10-4-3-5-11-17)14-13-15-9-6-7-12-18(15)24-20(23)25-19(21)22;9-7(10)13-8(11)12-6-4-2-1-3-5-6/h3-5,10-11,15-16,18H,2,6-9,12-14H2,1H3,(H6,21,22,23,24,25);6H,1-5H2,(H6,9,10,11,12,13). The summed E-state index contributed by atoms with van der Waals surface area (Å²) in [4.78, 5) is 1.36. The lowest BCUT2D eigenvalue weighted by molar-refractivity contribution is 0.265. The van der Waals surface area contributed by atoms with Crippen molar-refractivity contribution >= 4 is 35.6 Å². The number of nitrogens with one attached hydrogen (secondary N) is 8. The van der Waals surface area contributed by atoms with E-state index in [0.717, 1.165) is 19.3 Å². The zero-order valence-corrected chi connectivity index (χ0v) is 24.3. The Morgan fingerprint density at radius 3 is 2.03 bits per heavy atom. The zero-order chi connectivity index (χ0) is 28.5. The Hall–Kier alpha value is -2.95. The molecule has 2 saturated carbocycles. The highest BCUT2D eigenvalue weighted by atomic mass is 32.2. The van der Waals surface area contributed by atoms with Gasteiger partial charge in [-0.15, -0.1) is 11.8 Å². The molecular weight excluding hydrogens is 508 g/mol.